The summed E-state index contributed by atoms with van der Waals surface area (Å²) < 4.78 is 10.4. The van der Waals surface area contributed by atoms with Crippen LogP contribution in [0.5, 0.6) is 0 Å². The largest absolute Gasteiger partial charge is 0.466 e. The Balaban J connectivity index is 2.72. The fourth-order valence-electron chi connectivity index (χ4n) is 2.04. The van der Waals surface area contributed by atoms with E-state index in [1.165, 1.54) is 0 Å². The van der Waals surface area contributed by atoms with E-state index in [2.05, 4.69) is 0 Å². The molecule has 0 amide bonds. The highest BCUT2D eigenvalue weighted by Crippen LogP contribution is 2.25. The predicted octanol–water partition coefficient (Wildman–Crippen LogP) is 3.60. The van der Waals surface area contributed by atoms with Gasteiger partial charge in [0.1, 0.15) is 6.10 Å². The highest BCUT2D eigenvalue weighted by atomic mass is 16.6. The van der Waals surface area contributed by atoms with E-state index < -0.39 is 12.1 Å². The summed E-state index contributed by atoms with van der Waals surface area (Å²) in [6, 6.07) is 8.78. The molecule has 0 aliphatic rings. The molecule has 116 valence electrons. The Kier molecular flexibility index (Phi) is 6.40. The lowest BCUT2D eigenvalue weighted by Crippen LogP contribution is -2.27. The highest BCUT2D eigenvalue weighted by molar-refractivity contribution is 5.89. The number of ether oxygens (including phenoxy) is 2. The molecule has 0 saturated heterocycles. The minimum atomic E-state index is -0.475. The third kappa shape index (κ3) is 6.93. The summed E-state index contributed by atoms with van der Waals surface area (Å²) in [5.41, 5.74) is 0.439. The van der Waals surface area contributed by atoms with Gasteiger partial charge in [0.2, 0.25) is 0 Å². The fourth-order valence-corrected chi connectivity index (χ4v) is 2.04. The Morgan fingerprint density at radius 3 is 2.29 bits per heavy atom. The second-order valence-electron chi connectivity index (χ2n) is 6.17. The minimum Gasteiger partial charge on any atom is -0.466 e. The fraction of sp³-hybridized carbons (Fsp3) is 0.529. The molecule has 4 heteroatoms. The van der Waals surface area contributed by atoms with Crippen LogP contribution in [0.4, 0.5) is 0 Å². The number of hydrogen-bond donors (Lipinski definition) is 0. The summed E-state index contributed by atoms with van der Waals surface area (Å²) in [4.78, 5) is 23.7. The van der Waals surface area contributed by atoms with Crippen LogP contribution >= 0.6 is 0 Å². The van der Waals surface area contributed by atoms with E-state index in [1.54, 1.807) is 31.2 Å². The Bertz CT molecular complexity index is 459. The van der Waals surface area contributed by atoms with Gasteiger partial charge in [-0.2, -0.15) is 0 Å². The molecular formula is C17H24O4. The molecule has 0 saturated carbocycles. The molecule has 1 rings (SSSR count). The number of esters is 2. The van der Waals surface area contributed by atoms with E-state index in [1.807, 2.05) is 26.8 Å². The molecule has 1 atom stereocenters. The molecule has 1 unspecified atom stereocenters. The average Bonchev–Trinajstić information content (AvgIpc) is 2.37. The predicted molar refractivity (Wildman–Crippen MR) is 81.0 cm³/mol. The molecular weight excluding hydrogens is 268 g/mol. The maximum Gasteiger partial charge on any atom is 0.338 e. The number of benzene rings is 1. The molecule has 0 aliphatic carbocycles. The first-order valence-corrected chi connectivity index (χ1v) is 7.23. The van der Waals surface area contributed by atoms with Crippen molar-refractivity contribution in [2.75, 3.05) is 6.61 Å². The molecule has 0 heterocycles. The van der Waals surface area contributed by atoms with Gasteiger partial charge in [-0.05, 0) is 30.9 Å². The first-order chi connectivity index (χ1) is 9.81. The molecule has 0 bridgehead atoms. The van der Waals surface area contributed by atoms with Crippen LogP contribution < -0.4 is 0 Å². The Labute approximate surface area is 126 Å². The number of hydrogen-bond acceptors (Lipinski definition) is 4. The molecule has 0 aromatic heterocycles. The van der Waals surface area contributed by atoms with Gasteiger partial charge < -0.3 is 9.47 Å². The van der Waals surface area contributed by atoms with Gasteiger partial charge in [-0.15, -0.1) is 0 Å². The van der Waals surface area contributed by atoms with E-state index >= 15 is 0 Å². The zero-order valence-corrected chi connectivity index (χ0v) is 13.2. The highest BCUT2D eigenvalue weighted by Gasteiger charge is 2.25. The van der Waals surface area contributed by atoms with Gasteiger partial charge in [0.05, 0.1) is 18.6 Å². The topological polar surface area (TPSA) is 52.6 Å². The van der Waals surface area contributed by atoms with E-state index in [0.29, 0.717) is 18.6 Å². The van der Waals surface area contributed by atoms with Crippen LogP contribution in [0.25, 0.3) is 0 Å². The minimum absolute atomic E-state index is 0.0475. The van der Waals surface area contributed by atoms with Crippen LogP contribution in [0.1, 0.15) is 50.9 Å². The van der Waals surface area contributed by atoms with Crippen molar-refractivity contribution in [1.29, 1.82) is 0 Å². The summed E-state index contributed by atoms with van der Waals surface area (Å²) in [6.07, 6.45) is 0.213. The van der Waals surface area contributed by atoms with E-state index in [4.69, 9.17) is 9.47 Å². The second-order valence-corrected chi connectivity index (χ2v) is 6.17. The smallest absolute Gasteiger partial charge is 0.338 e. The molecule has 0 radical (unpaired) electrons. The van der Waals surface area contributed by atoms with Gasteiger partial charge in [0.25, 0.3) is 0 Å². The summed E-state index contributed by atoms with van der Waals surface area (Å²) in [6.45, 7) is 8.21. The second kappa shape index (κ2) is 7.81. The van der Waals surface area contributed by atoms with E-state index in [9.17, 15) is 9.59 Å². The van der Waals surface area contributed by atoms with Crippen molar-refractivity contribution in [3.8, 4) is 0 Å². The lowest BCUT2D eigenvalue weighted by molar-refractivity contribution is -0.145. The van der Waals surface area contributed by atoms with Crippen LogP contribution in [-0.4, -0.2) is 24.6 Å². The Hall–Kier alpha value is -1.84. The third-order valence-electron chi connectivity index (χ3n) is 2.82. The van der Waals surface area contributed by atoms with Gasteiger partial charge in [-0.1, -0.05) is 39.0 Å². The zero-order chi connectivity index (χ0) is 15.9. The van der Waals surface area contributed by atoms with Crippen LogP contribution in [-0.2, 0) is 14.3 Å². The maximum absolute atomic E-state index is 12.1. The molecule has 0 N–H and O–H groups in total. The monoisotopic (exact) mass is 292 g/mol. The number of rotatable bonds is 6. The lowest BCUT2D eigenvalue weighted by atomic mass is 9.88. The van der Waals surface area contributed by atoms with Gasteiger partial charge >= 0.3 is 11.9 Å². The van der Waals surface area contributed by atoms with Crippen molar-refractivity contribution >= 4 is 11.9 Å². The summed E-state index contributed by atoms with van der Waals surface area (Å²) in [5, 5.41) is 0. The Morgan fingerprint density at radius 1 is 1.14 bits per heavy atom. The molecule has 0 fully saturated rings. The quantitative estimate of drug-likeness (QED) is 0.752. The van der Waals surface area contributed by atoms with Crippen molar-refractivity contribution in [3.63, 3.8) is 0 Å². The summed E-state index contributed by atoms with van der Waals surface area (Å²) in [7, 11) is 0. The molecule has 21 heavy (non-hydrogen) atoms. The molecule has 4 nitrogen and oxygen atoms in total. The summed E-state index contributed by atoms with van der Waals surface area (Å²) >= 11 is 0. The summed E-state index contributed by atoms with van der Waals surface area (Å²) in [5.74, 6) is -0.748. The van der Waals surface area contributed by atoms with Gasteiger partial charge in [-0.25, -0.2) is 4.79 Å². The maximum atomic E-state index is 12.1. The average molecular weight is 292 g/mol. The van der Waals surface area contributed by atoms with Crippen molar-refractivity contribution in [3.05, 3.63) is 35.9 Å². The van der Waals surface area contributed by atoms with Crippen LogP contribution in [0, 0.1) is 5.41 Å². The number of carbonyl (C=O) groups excluding carboxylic acids is 2. The normalized spacial score (nSPS) is 12.6. The van der Waals surface area contributed by atoms with Crippen LogP contribution in [0.3, 0.4) is 0 Å². The Morgan fingerprint density at radius 2 is 1.76 bits per heavy atom. The van der Waals surface area contributed by atoms with Crippen molar-refractivity contribution in [2.45, 2.75) is 46.6 Å². The molecule has 1 aromatic rings. The molecule has 1 aromatic carbocycles. The third-order valence-corrected chi connectivity index (χ3v) is 2.82. The van der Waals surface area contributed by atoms with E-state index in [-0.39, 0.29) is 17.8 Å². The van der Waals surface area contributed by atoms with Gasteiger partial charge in [-0.3, -0.25) is 4.79 Å². The SMILES string of the molecule is CCOC(=O)CC(CC(C)(C)C)OC(=O)c1ccccc1. The van der Waals surface area contributed by atoms with Crippen molar-refractivity contribution < 1.29 is 19.1 Å². The zero-order valence-electron chi connectivity index (χ0n) is 13.2. The van der Waals surface area contributed by atoms with Crippen LogP contribution in [0.2, 0.25) is 0 Å². The molecule has 0 spiro atoms. The van der Waals surface area contributed by atoms with Crippen molar-refractivity contribution in [1.82, 2.24) is 0 Å². The van der Waals surface area contributed by atoms with Gasteiger partial charge in [0, 0.05) is 0 Å². The van der Waals surface area contributed by atoms with Crippen LogP contribution in [0.15, 0.2) is 30.3 Å². The van der Waals surface area contributed by atoms with E-state index in [0.717, 1.165) is 0 Å². The first-order valence-electron chi connectivity index (χ1n) is 7.23. The lowest BCUT2D eigenvalue weighted by Gasteiger charge is -2.25. The van der Waals surface area contributed by atoms with Crippen molar-refractivity contribution in [2.24, 2.45) is 5.41 Å². The molecule has 0 aliphatic heterocycles. The number of carbonyl (C=O) groups is 2. The first kappa shape index (κ1) is 17.2. The van der Waals surface area contributed by atoms with Gasteiger partial charge in [0.15, 0.2) is 0 Å². The standard InChI is InChI=1S/C17H24O4/c1-5-20-15(18)11-14(12-17(2,3)4)21-16(19)13-9-7-6-8-10-13/h6-10,14H,5,11-12H2,1-4H3.